The number of H-pyrrole nitrogens is 1. The first-order valence-electron chi connectivity index (χ1n) is 5.73. The van der Waals surface area contributed by atoms with E-state index in [1.807, 2.05) is 0 Å². The van der Waals surface area contributed by atoms with Gasteiger partial charge in [0.15, 0.2) is 0 Å². The molecule has 0 atom stereocenters. The van der Waals surface area contributed by atoms with Gasteiger partial charge in [0.25, 0.3) is 5.91 Å². The Morgan fingerprint density at radius 2 is 2.00 bits per heavy atom. The maximum Gasteiger partial charge on any atom is 0.268 e. The third-order valence-electron chi connectivity index (χ3n) is 2.45. The molecule has 0 aliphatic rings. The average Bonchev–Trinajstić information content (AvgIpc) is 2.94. The first-order chi connectivity index (χ1) is 9.56. The summed E-state index contributed by atoms with van der Waals surface area (Å²) in [4.78, 5) is 26.1. The minimum Gasteiger partial charge on any atom is -0.357 e. The summed E-state index contributed by atoms with van der Waals surface area (Å²) in [5, 5.41) is 5.88. The van der Waals surface area contributed by atoms with E-state index in [0.717, 1.165) is 0 Å². The van der Waals surface area contributed by atoms with Crippen LogP contribution in [-0.2, 0) is 4.79 Å². The number of hydrogen-bond acceptors (Lipinski definition) is 2. The molecule has 1 heterocycles. The number of halogens is 2. The third kappa shape index (κ3) is 3.76. The van der Waals surface area contributed by atoms with E-state index in [0.29, 0.717) is 21.4 Å². The maximum atomic E-state index is 11.7. The summed E-state index contributed by atoms with van der Waals surface area (Å²) in [6.45, 7) is -0.166. The zero-order valence-corrected chi connectivity index (χ0v) is 11.8. The lowest BCUT2D eigenvalue weighted by atomic mass is 10.3. The van der Waals surface area contributed by atoms with Crippen LogP contribution in [0.5, 0.6) is 0 Å². The van der Waals surface area contributed by atoms with Crippen molar-refractivity contribution in [2.45, 2.75) is 0 Å². The molecule has 2 rings (SSSR count). The Morgan fingerprint density at radius 3 is 2.70 bits per heavy atom. The van der Waals surface area contributed by atoms with E-state index in [2.05, 4.69) is 15.6 Å². The van der Waals surface area contributed by atoms with Gasteiger partial charge < -0.3 is 15.6 Å². The van der Waals surface area contributed by atoms with Crippen molar-refractivity contribution in [1.29, 1.82) is 0 Å². The van der Waals surface area contributed by atoms with Gasteiger partial charge in [0.1, 0.15) is 5.69 Å². The normalized spacial score (nSPS) is 10.1. The van der Waals surface area contributed by atoms with Crippen molar-refractivity contribution in [1.82, 2.24) is 10.3 Å². The number of carbonyl (C=O) groups is 2. The van der Waals surface area contributed by atoms with E-state index in [1.165, 1.54) is 6.07 Å². The lowest BCUT2D eigenvalue weighted by Gasteiger charge is -2.08. The second-order valence-electron chi connectivity index (χ2n) is 3.94. The van der Waals surface area contributed by atoms with Gasteiger partial charge in [-0.05, 0) is 30.3 Å². The van der Waals surface area contributed by atoms with Gasteiger partial charge in [-0.25, -0.2) is 0 Å². The first kappa shape index (κ1) is 14.4. The number of aromatic nitrogens is 1. The second kappa shape index (κ2) is 6.45. The van der Waals surface area contributed by atoms with Crippen molar-refractivity contribution in [2.24, 2.45) is 0 Å². The van der Waals surface area contributed by atoms with Crippen molar-refractivity contribution >= 4 is 40.7 Å². The van der Waals surface area contributed by atoms with Gasteiger partial charge in [-0.3, -0.25) is 9.59 Å². The highest BCUT2D eigenvalue weighted by Crippen LogP contribution is 2.25. The Kier molecular flexibility index (Phi) is 4.65. The first-order valence-corrected chi connectivity index (χ1v) is 6.48. The second-order valence-corrected chi connectivity index (χ2v) is 4.78. The highest BCUT2D eigenvalue weighted by atomic mass is 35.5. The molecule has 20 heavy (non-hydrogen) atoms. The zero-order chi connectivity index (χ0) is 14.5. The molecule has 0 aliphatic carbocycles. The Labute approximate surface area is 125 Å². The summed E-state index contributed by atoms with van der Waals surface area (Å²) in [6.07, 6.45) is 1.63. The fourth-order valence-electron chi connectivity index (χ4n) is 1.52. The number of aromatic amines is 1. The van der Waals surface area contributed by atoms with Gasteiger partial charge in [0.2, 0.25) is 5.91 Å². The fraction of sp³-hybridized carbons (Fsp3) is 0.0769. The summed E-state index contributed by atoms with van der Waals surface area (Å²) in [7, 11) is 0. The lowest BCUT2D eigenvalue weighted by molar-refractivity contribution is -0.115. The molecule has 5 nitrogen and oxygen atoms in total. The van der Waals surface area contributed by atoms with Crippen LogP contribution in [0.15, 0.2) is 36.5 Å². The predicted octanol–water partition coefficient (Wildman–Crippen LogP) is 2.69. The van der Waals surface area contributed by atoms with Crippen molar-refractivity contribution in [3.05, 3.63) is 52.3 Å². The Bertz CT molecular complexity index is 627. The van der Waals surface area contributed by atoms with Crippen LogP contribution in [-0.4, -0.2) is 23.3 Å². The molecule has 3 N–H and O–H groups in total. The van der Waals surface area contributed by atoms with E-state index < -0.39 is 5.91 Å². The minimum atomic E-state index is -0.394. The van der Waals surface area contributed by atoms with Crippen LogP contribution < -0.4 is 10.6 Å². The molecule has 0 spiro atoms. The van der Waals surface area contributed by atoms with Crippen molar-refractivity contribution in [3.8, 4) is 0 Å². The fourth-order valence-corrected chi connectivity index (χ4v) is 1.85. The highest BCUT2D eigenvalue weighted by molar-refractivity contribution is 6.35. The van der Waals surface area contributed by atoms with Crippen LogP contribution in [0.4, 0.5) is 5.69 Å². The predicted molar refractivity (Wildman–Crippen MR) is 78.2 cm³/mol. The molecule has 0 bridgehead atoms. The smallest absolute Gasteiger partial charge is 0.268 e. The molecule has 104 valence electrons. The maximum absolute atomic E-state index is 11.7. The van der Waals surface area contributed by atoms with Gasteiger partial charge in [-0.2, -0.15) is 0 Å². The summed E-state index contributed by atoms with van der Waals surface area (Å²) in [5.74, 6) is -0.753. The van der Waals surface area contributed by atoms with Gasteiger partial charge >= 0.3 is 0 Å². The molecule has 0 saturated carbocycles. The summed E-state index contributed by atoms with van der Waals surface area (Å²) in [6, 6.07) is 8.04. The number of anilines is 1. The molecule has 2 aromatic rings. The Balaban J connectivity index is 1.90. The molecule has 1 aromatic carbocycles. The van der Waals surface area contributed by atoms with Crippen molar-refractivity contribution < 1.29 is 9.59 Å². The largest absolute Gasteiger partial charge is 0.357 e. The van der Waals surface area contributed by atoms with E-state index >= 15 is 0 Å². The van der Waals surface area contributed by atoms with E-state index in [-0.39, 0.29) is 12.5 Å². The zero-order valence-electron chi connectivity index (χ0n) is 10.2. The monoisotopic (exact) mass is 311 g/mol. The Morgan fingerprint density at radius 1 is 1.20 bits per heavy atom. The number of nitrogens with one attached hydrogen (secondary N) is 3. The van der Waals surface area contributed by atoms with E-state index in [9.17, 15) is 9.59 Å². The molecular formula is C13H11Cl2N3O2. The molecule has 0 radical (unpaired) electrons. The standard InChI is InChI=1S/C13H11Cl2N3O2/c14-8-3-4-9(15)11(6-8)18-12(19)7-17-13(20)10-2-1-5-16-10/h1-6,16H,7H2,(H,17,20)(H,18,19). The van der Waals surface area contributed by atoms with Gasteiger partial charge in [0, 0.05) is 11.2 Å². The quantitative estimate of drug-likeness (QED) is 0.812. The summed E-state index contributed by atoms with van der Waals surface area (Å²) >= 11 is 11.7. The molecule has 0 fully saturated rings. The van der Waals surface area contributed by atoms with Crippen LogP contribution in [0.1, 0.15) is 10.5 Å². The molecular weight excluding hydrogens is 301 g/mol. The average molecular weight is 312 g/mol. The number of benzene rings is 1. The van der Waals surface area contributed by atoms with Crippen LogP contribution in [0.2, 0.25) is 10.0 Å². The minimum absolute atomic E-state index is 0.166. The SMILES string of the molecule is O=C(CNC(=O)c1ccc[nH]1)Nc1cc(Cl)ccc1Cl. The topological polar surface area (TPSA) is 74.0 Å². The highest BCUT2D eigenvalue weighted by Gasteiger charge is 2.10. The molecule has 2 amide bonds. The van der Waals surface area contributed by atoms with Gasteiger partial charge in [-0.1, -0.05) is 23.2 Å². The van der Waals surface area contributed by atoms with Gasteiger partial charge in [0.05, 0.1) is 17.3 Å². The van der Waals surface area contributed by atoms with E-state index in [4.69, 9.17) is 23.2 Å². The lowest BCUT2D eigenvalue weighted by Crippen LogP contribution is -2.33. The number of amides is 2. The third-order valence-corrected chi connectivity index (χ3v) is 3.02. The van der Waals surface area contributed by atoms with Crippen molar-refractivity contribution in [3.63, 3.8) is 0 Å². The number of carbonyl (C=O) groups excluding carboxylic acids is 2. The van der Waals surface area contributed by atoms with Crippen LogP contribution >= 0.6 is 23.2 Å². The Hall–Kier alpha value is -1.98. The van der Waals surface area contributed by atoms with Crippen LogP contribution in [0, 0.1) is 0 Å². The van der Waals surface area contributed by atoms with Crippen LogP contribution in [0.25, 0.3) is 0 Å². The van der Waals surface area contributed by atoms with Crippen LogP contribution in [0.3, 0.4) is 0 Å². The number of rotatable bonds is 4. The molecule has 0 aliphatic heterocycles. The van der Waals surface area contributed by atoms with Gasteiger partial charge in [-0.15, -0.1) is 0 Å². The molecule has 0 unspecified atom stereocenters. The molecule has 1 aromatic heterocycles. The molecule has 0 saturated heterocycles. The van der Waals surface area contributed by atoms with E-state index in [1.54, 1.807) is 30.5 Å². The molecule has 7 heteroatoms. The summed E-state index contributed by atoms with van der Waals surface area (Å²) in [5.41, 5.74) is 0.789. The number of hydrogen-bond donors (Lipinski definition) is 3. The van der Waals surface area contributed by atoms with Crippen molar-refractivity contribution in [2.75, 3.05) is 11.9 Å². The summed E-state index contributed by atoms with van der Waals surface area (Å²) < 4.78 is 0.